The van der Waals surface area contributed by atoms with Crippen LogP contribution in [0.25, 0.3) is 0 Å². The molecule has 0 aromatic carbocycles. The van der Waals surface area contributed by atoms with Gasteiger partial charge >= 0.3 is 39.5 Å². The lowest BCUT2D eigenvalue weighted by atomic mass is 10.0. The number of carbonyl (C=O) groups is 4. The fourth-order valence-electron chi connectivity index (χ4n) is 11.1. The van der Waals surface area contributed by atoms with Crippen LogP contribution in [0.4, 0.5) is 0 Å². The highest BCUT2D eigenvalue weighted by atomic mass is 31.2. The molecule has 0 aromatic heterocycles. The smallest absolute Gasteiger partial charge is 0.462 e. The Morgan fingerprint density at radius 1 is 0.293 bits per heavy atom. The van der Waals surface area contributed by atoms with Crippen LogP contribution >= 0.6 is 15.6 Å². The van der Waals surface area contributed by atoms with E-state index >= 15 is 0 Å². The van der Waals surface area contributed by atoms with Crippen LogP contribution in [0.1, 0.15) is 370 Å². The Balaban J connectivity index is 5.23. The first kappa shape index (κ1) is 90.1. The molecule has 5 atom stereocenters. The Bertz CT molecular complexity index is 1800. The molecule has 0 aliphatic heterocycles. The minimum Gasteiger partial charge on any atom is -0.462 e. The molecular formula is C73H142O17P2. The molecule has 0 saturated heterocycles. The highest BCUT2D eigenvalue weighted by Crippen LogP contribution is 2.45. The summed E-state index contributed by atoms with van der Waals surface area (Å²) in [4.78, 5) is 72.6. The Hall–Kier alpha value is -1.94. The lowest BCUT2D eigenvalue weighted by Crippen LogP contribution is -2.30. The Morgan fingerprint density at radius 2 is 0.500 bits per heavy atom. The summed E-state index contributed by atoms with van der Waals surface area (Å²) in [6, 6.07) is 0. The quantitative estimate of drug-likeness (QED) is 0.0222. The number of ether oxygens (including phenoxy) is 4. The molecule has 0 amide bonds. The largest absolute Gasteiger partial charge is 0.472 e. The summed E-state index contributed by atoms with van der Waals surface area (Å²) >= 11 is 0. The molecule has 0 bridgehead atoms. The monoisotopic (exact) mass is 1350 g/mol. The summed E-state index contributed by atoms with van der Waals surface area (Å²) < 4.78 is 68.4. The van der Waals surface area contributed by atoms with Crippen LogP contribution < -0.4 is 0 Å². The van der Waals surface area contributed by atoms with E-state index < -0.39 is 97.5 Å². The maximum absolute atomic E-state index is 13.1. The number of phosphoric ester groups is 2. The van der Waals surface area contributed by atoms with Gasteiger partial charge in [-0.1, -0.05) is 318 Å². The Morgan fingerprint density at radius 3 is 0.739 bits per heavy atom. The molecule has 17 nitrogen and oxygen atoms in total. The predicted molar refractivity (Wildman–Crippen MR) is 372 cm³/mol. The maximum atomic E-state index is 13.1. The van der Waals surface area contributed by atoms with E-state index in [9.17, 15) is 43.2 Å². The van der Waals surface area contributed by atoms with Crippen LogP contribution in [0, 0.1) is 17.8 Å². The van der Waals surface area contributed by atoms with Gasteiger partial charge in [-0.2, -0.15) is 0 Å². The summed E-state index contributed by atoms with van der Waals surface area (Å²) in [5, 5.41) is 10.6. The molecule has 0 heterocycles. The number of hydrogen-bond donors (Lipinski definition) is 3. The minimum absolute atomic E-state index is 0.105. The second-order valence-electron chi connectivity index (χ2n) is 27.8. The topological polar surface area (TPSA) is 237 Å². The summed E-state index contributed by atoms with van der Waals surface area (Å²) in [7, 11) is -9.91. The van der Waals surface area contributed by atoms with E-state index in [4.69, 9.17) is 37.0 Å². The average molecular weight is 1350 g/mol. The zero-order valence-corrected chi connectivity index (χ0v) is 61.8. The van der Waals surface area contributed by atoms with Crippen LogP contribution in [0.5, 0.6) is 0 Å². The van der Waals surface area contributed by atoms with E-state index in [1.165, 1.54) is 180 Å². The Kier molecular flexibility index (Phi) is 62.4. The fourth-order valence-corrected chi connectivity index (χ4v) is 12.7. The number of esters is 4. The molecule has 0 spiro atoms. The molecular weight excluding hydrogens is 1210 g/mol. The molecule has 0 saturated carbocycles. The molecule has 0 fully saturated rings. The SMILES string of the molecule is CCCCCCCCCCCCC(=O)OC[C@H](COP(=O)(O)OC[C@H](O)COP(=O)(O)OC[C@@H](COC(=O)CCCCCCCCCCCC(C)C)OC(=O)CCCCCCCCCCCCCCCCCC(C)C)OC(=O)CCCCCCCCCCCC(C)C. The third-order valence-corrected chi connectivity index (χ3v) is 18.8. The van der Waals surface area contributed by atoms with Gasteiger partial charge in [-0.25, -0.2) is 9.13 Å². The van der Waals surface area contributed by atoms with Crippen molar-refractivity contribution in [3.63, 3.8) is 0 Å². The lowest BCUT2D eigenvalue weighted by Gasteiger charge is -2.21. The maximum Gasteiger partial charge on any atom is 0.472 e. The summed E-state index contributed by atoms with van der Waals surface area (Å²) in [5.74, 6) is 0.160. The van der Waals surface area contributed by atoms with Crippen molar-refractivity contribution >= 4 is 39.5 Å². The van der Waals surface area contributed by atoms with E-state index in [0.29, 0.717) is 25.7 Å². The van der Waals surface area contributed by atoms with Crippen molar-refractivity contribution in [2.45, 2.75) is 388 Å². The molecule has 0 radical (unpaired) electrons. The van der Waals surface area contributed by atoms with Crippen molar-refractivity contribution in [2.24, 2.45) is 17.8 Å². The first-order valence-corrected chi connectivity index (χ1v) is 40.8. The van der Waals surface area contributed by atoms with Gasteiger partial charge in [0.05, 0.1) is 26.4 Å². The van der Waals surface area contributed by atoms with Crippen LogP contribution in [-0.2, 0) is 65.4 Å². The first-order chi connectivity index (χ1) is 44.2. The van der Waals surface area contributed by atoms with Crippen molar-refractivity contribution < 1.29 is 80.2 Å². The van der Waals surface area contributed by atoms with Gasteiger partial charge < -0.3 is 33.8 Å². The first-order valence-electron chi connectivity index (χ1n) is 37.8. The van der Waals surface area contributed by atoms with Gasteiger partial charge in [-0.15, -0.1) is 0 Å². The number of hydrogen-bond acceptors (Lipinski definition) is 15. The normalized spacial score (nSPS) is 14.1. The third-order valence-electron chi connectivity index (χ3n) is 16.9. The third kappa shape index (κ3) is 66.7. The van der Waals surface area contributed by atoms with Gasteiger partial charge in [0, 0.05) is 25.7 Å². The Labute approximate surface area is 562 Å². The van der Waals surface area contributed by atoms with E-state index in [0.717, 1.165) is 108 Å². The van der Waals surface area contributed by atoms with Gasteiger partial charge in [0.1, 0.15) is 19.3 Å². The molecule has 0 aromatic rings. The molecule has 0 aliphatic carbocycles. The zero-order chi connectivity index (χ0) is 68.0. The number of carbonyl (C=O) groups excluding carboxylic acids is 4. The van der Waals surface area contributed by atoms with Gasteiger partial charge in [0.2, 0.25) is 0 Å². The van der Waals surface area contributed by atoms with Gasteiger partial charge in [-0.3, -0.25) is 37.3 Å². The second kappa shape index (κ2) is 63.8. The van der Waals surface area contributed by atoms with Crippen molar-refractivity contribution in [1.82, 2.24) is 0 Å². The van der Waals surface area contributed by atoms with E-state index in [1.54, 1.807) is 0 Å². The number of phosphoric acid groups is 2. The van der Waals surface area contributed by atoms with Crippen LogP contribution in [0.15, 0.2) is 0 Å². The second-order valence-corrected chi connectivity index (χ2v) is 30.7. The highest BCUT2D eigenvalue weighted by molar-refractivity contribution is 7.47. The molecule has 0 aliphatic rings. The standard InChI is InChI=1S/C73H142O17P2/c1-8-9-10-11-12-13-26-33-40-47-54-70(75)83-60-69(90-73(78)57-50-43-36-29-22-25-32-39-46-53-66(6)7)63-88-92(81,82)86-59-67(74)58-85-91(79,80)87-62-68(61-84-71(76)55-48-41-34-28-21-24-31-38-45-52-65(4)5)89-72(77)56-49-42-35-27-20-18-16-14-15-17-19-23-30-37-44-51-64(2)3/h64-69,74H,8-63H2,1-7H3,(H,79,80)(H,81,82)/t67-,68-,69-/m1/s1. The highest BCUT2D eigenvalue weighted by Gasteiger charge is 2.30. The van der Waals surface area contributed by atoms with E-state index in [1.807, 2.05) is 0 Å². The van der Waals surface area contributed by atoms with Crippen LogP contribution in [0.2, 0.25) is 0 Å². The van der Waals surface area contributed by atoms with E-state index in [-0.39, 0.29) is 25.7 Å². The van der Waals surface area contributed by atoms with E-state index in [2.05, 4.69) is 48.5 Å². The van der Waals surface area contributed by atoms with Gasteiger partial charge in [0.15, 0.2) is 12.2 Å². The number of aliphatic hydroxyl groups is 1. The minimum atomic E-state index is -4.95. The molecule has 546 valence electrons. The average Bonchev–Trinajstić information content (AvgIpc) is 3.16. The van der Waals surface area contributed by atoms with Crippen LogP contribution in [-0.4, -0.2) is 96.7 Å². The van der Waals surface area contributed by atoms with Crippen molar-refractivity contribution in [3.8, 4) is 0 Å². The van der Waals surface area contributed by atoms with Crippen molar-refractivity contribution in [3.05, 3.63) is 0 Å². The lowest BCUT2D eigenvalue weighted by molar-refractivity contribution is -0.161. The molecule has 2 unspecified atom stereocenters. The fraction of sp³-hybridized carbons (Fsp3) is 0.945. The molecule has 92 heavy (non-hydrogen) atoms. The number of rotatable bonds is 71. The van der Waals surface area contributed by atoms with Crippen molar-refractivity contribution in [2.75, 3.05) is 39.6 Å². The molecule has 19 heteroatoms. The van der Waals surface area contributed by atoms with Gasteiger partial charge in [0.25, 0.3) is 0 Å². The number of aliphatic hydroxyl groups excluding tert-OH is 1. The summed E-state index contributed by atoms with van der Waals surface area (Å²) in [6.45, 7) is 11.9. The van der Waals surface area contributed by atoms with Crippen LogP contribution in [0.3, 0.4) is 0 Å². The number of unbranched alkanes of at least 4 members (excludes halogenated alkanes) is 39. The summed E-state index contributed by atoms with van der Waals surface area (Å²) in [5.41, 5.74) is 0. The summed E-state index contributed by atoms with van der Waals surface area (Å²) in [6.07, 6.45) is 48.6. The predicted octanol–water partition coefficient (Wildman–Crippen LogP) is 21.0. The molecule has 3 N–H and O–H groups in total. The van der Waals surface area contributed by atoms with Crippen molar-refractivity contribution in [1.29, 1.82) is 0 Å². The van der Waals surface area contributed by atoms with Gasteiger partial charge in [-0.05, 0) is 43.4 Å². The zero-order valence-electron chi connectivity index (χ0n) is 60.0. The molecule has 0 rings (SSSR count).